The molecule has 0 radical (unpaired) electrons. The second-order valence-corrected chi connectivity index (χ2v) is 4.11. The number of halogens is 3. The first-order valence-electron chi connectivity index (χ1n) is 5.48. The molecule has 0 aromatic heterocycles. The van der Waals surface area contributed by atoms with E-state index in [0.29, 0.717) is 12.6 Å². The summed E-state index contributed by atoms with van der Waals surface area (Å²) in [5.41, 5.74) is 0. The van der Waals surface area contributed by atoms with Gasteiger partial charge < -0.3 is 5.32 Å². The summed E-state index contributed by atoms with van der Waals surface area (Å²) in [6.07, 6.45) is -2.22. The van der Waals surface area contributed by atoms with Gasteiger partial charge in [-0.3, -0.25) is 4.90 Å². The highest BCUT2D eigenvalue weighted by atomic mass is 19.4. The van der Waals surface area contributed by atoms with Crippen LogP contribution in [0.4, 0.5) is 13.2 Å². The van der Waals surface area contributed by atoms with Crippen LogP contribution >= 0.6 is 0 Å². The first-order valence-corrected chi connectivity index (χ1v) is 5.48. The Balaban J connectivity index is 2.20. The van der Waals surface area contributed by atoms with E-state index in [0.717, 1.165) is 25.9 Å². The maximum Gasteiger partial charge on any atom is 0.389 e. The molecule has 0 aromatic rings. The topological polar surface area (TPSA) is 15.3 Å². The van der Waals surface area contributed by atoms with Crippen molar-refractivity contribution < 1.29 is 13.2 Å². The van der Waals surface area contributed by atoms with Crippen LogP contribution in [0.3, 0.4) is 0 Å². The van der Waals surface area contributed by atoms with Crippen LogP contribution in [-0.2, 0) is 0 Å². The lowest BCUT2D eigenvalue weighted by atomic mass is 10.2. The molecule has 1 atom stereocenters. The van der Waals surface area contributed by atoms with Crippen LogP contribution in [0, 0.1) is 0 Å². The number of likely N-dealkylation sites (tertiary alicyclic amines) is 1. The Bertz CT molecular complexity index is 182. The molecule has 15 heavy (non-hydrogen) atoms. The summed E-state index contributed by atoms with van der Waals surface area (Å²) in [7, 11) is 1.88. The zero-order valence-electron chi connectivity index (χ0n) is 9.11. The van der Waals surface area contributed by atoms with Crippen molar-refractivity contribution in [3.05, 3.63) is 0 Å². The van der Waals surface area contributed by atoms with Crippen molar-refractivity contribution in [3.8, 4) is 0 Å². The van der Waals surface area contributed by atoms with Gasteiger partial charge >= 0.3 is 6.18 Å². The third kappa shape index (κ3) is 4.84. The molecule has 1 aliphatic heterocycles. The van der Waals surface area contributed by atoms with Crippen molar-refractivity contribution in [2.24, 2.45) is 0 Å². The summed E-state index contributed by atoms with van der Waals surface area (Å²) in [4.78, 5) is 2.17. The Morgan fingerprint density at radius 3 is 2.73 bits per heavy atom. The van der Waals surface area contributed by atoms with Gasteiger partial charge in [0.25, 0.3) is 0 Å². The fourth-order valence-electron chi connectivity index (χ4n) is 2.14. The van der Waals surface area contributed by atoms with Gasteiger partial charge in [-0.25, -0.2) is 0 Å². The van der Waals surface area contributed by atoms with Gasteiger partial charge in [-0.15, -0.1) is 0 Å². The monoisotopic (exact) mass is 224 g/mol. The largest absolute Gasteiger partial charge is 0.389 e. The molecular formula is C10H19F3N2. The van der Waals surface area contributed by atoms with Gasteiger partial charge in [0.15, 0.2) is 0 Å². The van der Waals surface area contributed by atoms with Crippen LogP contribution in [0.15, 0.2) is 0 Å². The summed E-state index contributed by atoms with van der Waals surface area (Å²) < 4.78 is 35.8. The van der Waals surface area contributed by atoms with E-state index in [-0.39, 0.29) is 6.42 Å². The minimum absolute atomic E-state index is 0.226. The summed E-state index contributed by atoms with van der Waals surface area (Å²) in [6, 6.07) is 0.434. The van der Waals surface area contributed by atoms with Crippen LogP contribution in [0.2, 0.25) is 0 Å². The fraction of sp³-hybridized carbons (Fsp3) is 1.00. The predicted molar refractivity (Wildman–Crippen MR) is 53.8 cm³/mol. The van der Waals surface area contributed by atoms with E-state index in [1.54, 1.807) is 0 Å². The summed E-state index contributed by atoms with van der Waals surface area (Å²) in [5, 5.41) is 3.08. The Morgan fingerprint density at radius 2 is 2.13 bits per heavy atom. The van der Waals surface area contributed by atoms with E-state index < -0.39 is 12.6 Å². The maximum atomic E-state index is 11.9. The number of nitrogens with zero attached hydrogens (tertiary/aromatic N) is 1. The summed E-state index contributed by atoms with van der Waals surface area (Å²) in [6.45, 7) is 2.40. The normalized spacial score (nSPS) is 23.6. The molecule has 1 aliphatic rings. The SMILES string of the molecule is CNCC1CCCN1CCCC(F)(F)F. The molecule has 0 amide bonds. The lowest BCUT2D eigenvalue weighted by molar-refractivity contribution is -0.136. The Morgan fingerprint density at radius 1 is 1.40 bits per heavy atom. The Hall–Kier alpha value is -0.290. The molecule has 1 fully saturated rings. The molecule has 2 nitrogen and oxygen atoms in total. The molecule has 0 bridgehead atoms. The minimum Gasteiger partial charge on any atom is -0.318 e. The van der Waals surface area contributed by atoms with Crippen molar-refractivity contribution in [2.75, 3.05) is 26.7 Å². The highest BCUT2D eigenvalue weighted by Gasteiger charge is 2.28. The molecule has 0 aromatic carbocycles. The number of rotatable bonds is 5. The fourth-order valence-corrected chi connectivity index (χ4v) is 2.14. The Labute approximate surface area is 88.8 Å². The molecule has 0 aliphatic carbocycles. The van der Waals surface area contributed by atoms with Crippen LogP contribution in [0.5, 0.6) is 0 Å². The number of nitrogens with one attached hydrogen (secondary N) is 1. The standard InChI is InChI=1S/C10H19F3N2/c1-14-8-9-4-2-6-15(9)7-3-5-10(11,12)13/h9,14H,2-8H2,1H3. The third-order valence-corrected chi connectivity index (χ3v) is 2.84. The lowest BCUT2D eigenvalue weighted by Crippen LogP contribution is -2.37. The molecule has 1 N–H and O–H groups in total. The van der Waals surface area contributed by atoms with Crippen LogP contribution in [0.25, 0.3) is 0 Å². The van der Waals surface area contributed by atoms with E-state index in [1.807, 2.05) is 7.05 Å². The van der Waals surface area contributed by atoms with Gasteiger partial charge in [0, 0.05) is 19.0 Å². The maximum absolute atomic E-state index is 11.9. The highest BCUT2D eigenvalue weighted by molar-refractivity contribution is 4.80. The smallest absolute Gasteiger partial charge is 0.318 e. The summed E-state index contributed by atoms with van der Waals surface area (Å²) in [5.74, 6) is 0. The van der Waals surface area contributed by atoms with Crippen molar-refractivity contribution >= 4 is 0 Å². The van der Waals surface area contributed by atoms with Gasteiger partial charge in [0.05, 0.1) is 0 Å². The second-order valence-electron chi connectivity index (χ2n) is 4.11. The highest BCUT2D eigenvalue weighted by Crippen LogP contribution is 2.23. The van der Waals surface area contributed by atoms with Crippen molar-refractivity contribution in [2.45, 2.75) is 37.9 Å². The molecule has 1 saturated heterocycles. The van der Waals surface area contributed by atoms with Crippen molar-refractivity contribution in [1.82, 2.24) is 10.2 Å². The minimum atomic E-state index is -4.00. The lowest BCUT2D eigenvalue weighted by Gasteiger charge is -2.24. The molecule has 0 spiro atoms. The van der Waals surface area contributed by atoms with Crippen LogP contribution in [0.1, 0.15) is 25.7 Å². The molecule has 0 saturated carbocycles. The Kier molecular flexibility index (Phi) is 4.86. The van der Waals surface area contributed by atoms with Crippen LogP contribution < -0.4 is 5.32 Å². The first-order chi connectivity index (χ1) is 7.03. The first kappa shape index (κ1) is 12.8. The molecule has 1 unspecified atom stereocenters. The van der Waals surface area contributed by atoms with Gasteiger partial charge in [-0.2, -0.15) is 13.2 Å². The summed E-state index contributed by atoms with van der Waals surface area (Å²) >= 11 is 0. The number of alkyl halides is 3. The molecular weight excluding hydrogens is 205 g/mol. The number of hydrogen-bond donors (Lipinski definition) is 1. The van der Waals surface area contributed by atoms with E-state index >= 15 is 0 Å². The van der Waals surface area contributed by atoms with Crippen molar-refractivity contribution in [3.63, 3.8) is 0 Å². The van der Waals surface area contributed by atoms with Crippen molar-refractivity contribution in [1.29, 1.82) is 0 Å². The van der Waals surface area contributed by atoms with Gasteiger partial charge in [0.1, 0.15) is 0 Å². The van der Waals surface area contributed by atoms with E-state index in [2.05, 4.69) is 10.2 Å². The number of likely N-dealkylation sites (N-methyl/N-ethyl adjacent to an activating group) is 1. The van der Waals surface area contributed by atoms with E-state index in [1.165, 1.54) is 0 Å². The molecule has 90 valence electrons. The van der Waals surface area contributed by atoms with Gasteiger partial charge in [-0.05, 0) is 39.4 Å². The number of hydrogen-bond acceptors (Lipinski definition) is 2. The third-order valence-electron chi connectivity index (χ3n) is 2.84. The van der Waals surface area contributed by atoms with Gasteiger partial charge in [-0.1, -0.05) is 0 Å². The average Bonchev–Trinajstić information content (AvgIpc) is 2.51. The predicted octanol–water partition coefficient (Wildman–Crippen LogP) is 2.01. The van der Waals surface area contributed by atoms with Crippen LogP contribution in [-0.4, -0.2) is 43.8 Å². The molecule has 1 rings (SSSR count). The molecule has 5 heteroatoms. The molecule has 1 heterocycles. The van der Waals surface area contributed by atoms with Gasteiger partial charge in [0.2, 0.25) is 0 Å². The average molecular weight is 224 g/mol. The van der Waals surface area contributed by atoms with E-state index in [4.69, 9.17) is 0 Å². The second kappa shape index (κ2) is 5.70. The zero-order chi connectivity index (χ0) is 11.3. The van der Waals surface area contributed by atoms with E-state index in [9.17, 15) is 13.2 Å². The zero-order valence-corrected chi connectivity index (χ0v) is 9.11. The quantitative estimate of drug-likeness (QED) is 0.768.